The number of methoxy groups -OCH3 is 1. The maximum atomic E-state index is 13.8. The Morgan fingerprint density at radius 3 is 2.48 bits per heavy atom. The predicted octanol–water partition coefficient (Wildman–Crippen LogP) is 5.14. The van der Waals surface area contributed by atoms with E-state index >= 15 is 0 Å². The number of likely N-dealkylation sites (N-methyl/N-ethyl adjacent to an activating group) is 1. The van der Waals surface area contributed by atoms with Gasteiger partial charge in [0.1, 0.15) is 0 Å². The third kappa shape index (κ3) is 5.93. The molecule has 40 heavy (non-hydrogen) atoms. The summed E-state index contributed by atoms with van der Waals surface area (Å²) >= 11 is 3.44. The fourth-order valence-corrected chi connectivity index (χ4v) is 6.00. The first-order valence-corrected chi connectivity index (χ1v) is 15.0. The first-order valence-electron chi connectivity index (χ1n) is 13.9. The van der Waals surface area contributed by atoms with Gasteiger partial charge in [0.2, 0.25) is 0 Å². The second-order valence-electron chi connectivity index (χ2n) is 10.6. The molecule has 0 aromatic heterocycles. The van der Waals surface area contributed by atoms with Crippen LogP contribution in [0.3, 0.4) is 0 Å². The van der Waals surface area contributed by atoms with Crippen molar-refractivity contribution in [2.45, 2.75) is 31.7 Å². The van der Waals surface area contributed by atoms with E-state index in [2.05, 4.69) is 57.0 Å². The Morgan fingerprint density at radius 1 is 1.05 bits per heavy atom. The molecule has 0 spiro atoms. The van der Waals surface area contributed by atoms with Crippen LogP contribution in [0.5, 0.6) is 11.5 Å². The van der Waals surface area contributed by atoms with Crippen LogP contribution in [0.25, 0.3) is 5.57 Å². The van der Waals surface area contributed by atoms with Gasteiger partial charge in [-0.1, -0.05) is 28.1 Å². The molecule has 0 saturated carbocycles. The van der Waals surface area contributed by atoms with Crippen molar-refractivity contribution in [3.63, 3.8) is 0 Å². The summed E-state index contributed by atoms with van der Waals surface area (Å²) in [4.78, 5) is 33.9. The topological polar surface area (TPSA) is 85.8 Å². The molecule has 3 heterocycles. The zero-order chi connectivity index (χ0) is 28.2. The number of hydrogen-bond acceptors (Lipinski definition) is 6. The number of carbonyl (C=O) groups excluding carboxylic acids is 1. The van der Waals surface area contributed by atoms with Gasteiger partial charge in [-0.05, 0) is 62.1 Å². The Hall–Kier alpha value is -3.24. The van der Waals surface area contributed by atoms with Crippen LogP contribution in [-0.4, -0.2) is 91.8 Å². The van der Waals surface area contributed by atoms with E-state index in [0.29, 0.717) is 30.2 Å². The number of amides is 2. The summed E-state index contributed by atoms with van der Waals surface area (Å²) in [6, 6.07) is 11.4. The molecule has 1 fully saturated rings. The van der Waals surface area contributed by atoms with Crippen molar-refractivity contribution in [3.8, 4) is 11.5 Å². The molecule has 3 aliphatic rings. The second-order valence-corrected chi connectivity index (χ2v) is 11.4. The van der Waals surface area contributed by atoms with Crippen LogP contribution in [0, 0.1) is 0 Å². The van der Waals surface area contributed by atoms with E-state index in [1.165, 1.54) is 17.7 Å². The highest BCUT2D eigenvalue weighted by Gasteiger charge is 2.39. The maximum absolute atomic E-state index is 13.8. The molecule has 1 N–H and O–H groups in total. The third-order valence-electron chi connectivity index (χ3n) is 7.95. The number of anilines is 2. The number of piperazine rings is 1. The van der Waals surface area contributed by atoms with Crippen molar-refractivity contribution in [1.82, 2.24) is 9.80 Å². The molecular weight excluding hydrogens is 576 g/mol. The Morgan fingerprint density at radius 2 is 1.80 bits per heavy atom. The Balaban J connectivity index is 1.39. The van der Waals surface area contributed by atoms with E-state index in [-0.39, 0.29) is 24.1 Å². The SMILES string of the molecule is COc1cc2c(cc1OCCCCCBr)N(C(=O)O)C[C@@H]1CC(c3ccc(N4CCN(C)CC4)cc3)=CN1C2=O. The molecule has 0 radical (unpaired) electrons. The van der Waals surface area contributed by atoms with Crippen LogP contribution in [0.4, 0.5) is 16.2 Å². The number of carboxylic acid groups (broad SMARTS) is 1. The standard InChI is InChI=1S/C30H37BrN4O5/c1-32-11-13-33(14-12-32)23-8-6-21(7-9-23)22-16-24-20-35(30(37)38)26-18-28(40-15-5-3-4-10-31)27(39-2)17-25(26)29(36)34(24)19-22/h6-9,17-19,24H,3-5,10-16,20H2,1-2H3,(H,37,38)/t24-/m0/s1. The van der Waals surface area contributed by atoms with E-state index < -0.39 is 6.09 Å². The Labute approximate surface area is 244 Å². The minimum Gasteiger partial charge on any atom is -0.493 e. The molecule has 9 nitrogen and oxygen atoms in total. The number of halogens is 1. The minimum absolute atomic E-state index is 0.171. The van der Waals surface area contributed by atoms with Gasteiger partial charge in [0.25, 0.3) is 5.91 Å². The van der Waals surface area contributed by atoms with E-state index in [4.69, 9.17) is 9.47 Å². The van der Waals surface area contributed by atoms with Crippen molar-refractivity contribution in [2.75, 3.05) is 68.6 Å². The number of rotatable bonds is 9. The fourth-order valence-electron chi connectivity index (χ4n) is 5.60. The summed E-state index contributed by atoms with van der Waals surface area (Å²) in [5, 5.41) is 11.1. The van der Waals surface area contributed by atoms with Gasteiger partial charge < -0.3 is 29.3 Å². The number of nitrogens with zero attached hydrogens (tertiary/aromatic N) is 4. The molecule has 1 atom stereocenters. The van der Waals surface area contributed by atoms with Crippen LogP contribution in [0.1, 0.15) is 41.6 Å². The molecule has 0 unspecified atom stereocenters. The Kier molecular flexibility index (Phi) is 8.85. The summed E-state index contributed by atoms with van der Waals surface area (Å²) in [6.45, 7) is 4.75. The van der Waals surface area contributed by atoms with Crippen LogP contribution in [0.15, 0.2) is 42.6 Å². The average molecular weight is 614 g/mol. The van der Waals surface area contributed by atoms with Gasteiger partial charge in [-0.25, -0.2) is 4.79 Å². The lowest BCUT2D eigenvalue weighted by molar-refractivity contribution is 0.0794. The number of unbranched alkanes of at least 4 members (excludes halogenated alkanes) is 2. The van der Waals surface area contributed by atoms with Crippen LogP contribution < -0.4 is 19.3 Å². The van der Waals surface area contributed by atoms with Crippen LogP contribution >= 0.6 is 15.9 Å². The zero-order valence-electron chi connectivity index (χ0n) is 23.1. The molecular formula is C30H37BrN4O5. The average Bonchev–Trinajstić information content (AvgIpc) is 3.35. The maximum Gasteiger partial charge on any atom is 0.411 e. The first-order chi connectivity index (χ1) is 19.4. The minimum atomic E-state index is -1.10. The molecule has 1 saturated heterocycles. The lowest BCUT2D eigenvalue weighted by atomic mass is 10.0. The van der Waals surface area contributed by atoms with Crippen LogP contribution in [0.2, 0.25) is 0 Å². The molecule has 2 aromatic rings. The van der Waals surface area contributed by atoms with Gasteiger partial charge in [0, 0.05) is 49.5 Å². The number of benzene rings is 2. The molecule has 214 valence electrons. The largest absolute Gasteiger partial charge is 0.493 e. The van der Waals surface area contributed by atoms with Crippen molar-refractivity contribution in [1.29, 1.82) is 0 Å². The summed E-state index contributed by atoms with van der Waals surface area (Å²) in [7, 11) is 3.67. The highest BCUT2D eigenvalue weighted by atomic mass is 79.9. The number of carbonyl (C=O) groups is 2. The van der Waals surface area contributed by atoms with Gasteiger partial charge in [0.15, 0.2) is 11.5 Å². The molecule has 10 heteroatoms. The summed E-state index contributed by atoms with van der Waals surface area (Å²) in [5.74, 6) is 0.618. The van der Waals surface area contributed by atoms with E-state index in [0.717, 1.165) is 61.9 Å². The molecule has 0 aliphatic carbocycles. The van der Waals surface area contributed by atoms with Gasteiger partial charge in [-0.2, -0.15) is 0 Å². The highest BCUT2D eigenvalue weighted by Crippen LogP contribution is 2.41. The van der Waals surface area contributed by atoms with E-state index in [1.807, 2.05) is 6.20 Å². The zero-order valence-corrected chi connectivity index (χ0v) is 24.7. The van der Waals surface area contributed by atoms with Crippen LogP contribution in [-0.2, 0) is 0 Å². The first kappa shape index (κ1) is 28.3. The van der Waals surface area contributed by atoms with Gasteiger partial charge in [-0.15, -0.1) is 0 Å². The number of alkyl halides is 1. The third-order valence-corrected chi connectivity index (χ3v) is 8.51. The molecule has 0 bridgehead atoms. The molecule has 2 amide bonds. The second kappa shape index (κ2) is 12.5. The van der Waals surface area contributed by atoms with Crippen molar-refractivity contribution in [3.05, 3.63) is 53.7 Å². The molecule has 5 rings (SSSR count). The number of fused-ring (bicyclic) bond motifs is 2. The quantitative estimate of drug-likeness (QED) is 0.310. The predicted molar refractivity (Wildman–Crippen MR) is 160 cm³/mol. The lowest BCUT2D eigenvalue weighted by Gasteiger charge is -2.34. The monoisotopic (exact) mass is 612 g/mol. The molecule has 2 aromatic carbocycles. The summed E-state index contributed by atoms with van der Waals surface area (Å²) in [6.07, 6.45) is 4.29. The molecule has 3 aliphatic heterocycles. The lowest BCUT2D eigenvalue weighted by Crippen LogP contribution is -2.44. The van der Waals surface area contributed by atoms with Gasteiger partial charge >= 0.3 is 6.09 Å². The highest BCUT2D eigenvalue weighted by molar-refractivity contribution is 9.09. The van der Waals surface area contributed by atoms with Crippen molar-refractivity contribution < 1.29 is 24.2 Å². The summed E-state index contributed by atoms with van der Waals surface area (Å²) in [5.41, 5.74) is 3.88. The fraction of sp³-hybridized carbons (Fsp3) is 0.467. The van der Waals surface area contributed by atoms with Gasteiger partial charge in [0.05, 0.1) is 37.6 Å². The normalized spacial score (nSPS) is 19.2. The van der Waals surface area contributed by atoms with Crippen molar-refractivity contribution >= 4 is 44.9 Å². The Bertz CT molecular complexity index is 1260. The van der Waals surface area contributed by atoms with Gasteiger partial charge in [-0.3, -0.25) is 9.69 Å². The smallest absolute Gasteiger partial charge is 0.411 e. The van der Waals surface area contributed by atoms with Crippen molar-refractivity contribution in [2.24, 2.45) is 0 Å². The van der Waals surface area contributed by atoms with E-state index in [9.17, 15) is 14.7 Å². The number of ether oxygens (including phenoxy) is 2. The number of hydrogen-bond donors (Lipinski definition) is 1. The van der Waals surface area contributed by atoms with E-state index in [1.54, 1.807) is 17.0 Å². The summed E-state index contributed by atoms with van der Waals surface area (Å²) < 4.78 is 11.5.